The molecule has 0 heterocycles. The molecule has 2 amide bonds. The average molecular weight is 425 g/mol. The molecule has 0 fully saturated rings. The predicted octanol–water partition coefficient (Wildman–Crippen LogP) is 1.43. The van der Waals surface area contributed by atoms with Crippen LogP contribution in [0.5, 0.6) is 0 Å². The number of hydrogen-bond acceptors (Lipinski definition) is 7. The predicted molar refractivity (Wildman–Crippen MR) is 110 cm³/mol. The molecule has 0 radical (unpaired) electrons. The summed E-state index contributed by atoms with van der Waals surface area (Å²) >= 11 is 1.49. The van der Waals surface area contributed by atoms with Gasteiger partial charge in [0.05, 0.1) is 14.2 Å². The van der Waals surface area contributed by atoms with Crippen molar-refractivity contribution >= 4 is 35.5 Å². The smallest absolute Gasteiger partial charge is 0.328 e. The Morgan fingerprint density at radius 3 is 2.28 bits per heavy atom. The number of methoxy groups -OCH3 is 2. The van der Waals surface area contributed by atoms with Crippen molar-refractivity contribution in [2.24, 2.45) is 0 Å². The summed E-state index contributed by atoms with van der Waals surface area (Å²) in [7, 11) is 2.44. The SMILES string of the molecule is CCC(=O)N[C@@H](CSCc1ccccc1)C(=O)N[C@@H](CCC(=O)OC)C(=O)OC. The normalized spacial score (nSPS) is 12.4. The van der Waals surface area contributed by atoms with E-state index in [1.54, 1.807) is 6.92 Å². The molecular weight excluding hydrogens is 396 g/mol. The molecule has 8 nitrogen and oxygen atoms in total. The summed E-state index contributed by atoms with van der Waals surface area (Å²) in [6, 6.07) is 7.92. The molecule has 1 aromatic carbocycles. The van der Waals surface area contributed by atoms with Crippen LogP contribution in [-0.4, -0.2) is 55.8 Å². The monoisotopic (exact) mass is 424 g/mol. The van der Waals surface area contributed by atoms with E-state index in [1.807, 2.05) is 30.3 Å². The van der Waals surface area contributed by atoms with E-state index in [9.17, 15) is 19.2 Å². The van der Waals surface area contributed by atoms with E-state index in [-0.39, 0.29) is 25.2 Å². The summed E-state index contributed by atoms with van der Waals surface area (Å²) in [5.74, 6) is -0.934. The van der Waals surface area contributed by atoms with Gasteiger partial charge >= 0.3 is 11.9 Å². The van der Waals surface area contributed by atoms with E-state index >= 15 is 0 Å². The second-order valence-corrected chi connectivity index (χ2v) is 7.20. The minimum Gasteiger partial charge on any atom is -0.469 e. The maximum atomic E-state index is 12.7. The maximum Gasteiger partial charge on any atom is 0.328 e. The number of esters is 2. The molecule has 1 aromatic rings. The van der Waals surface area contributed by atoms with Crippen LogP contribution in [0.3, 0.4) is 0 Å². The van der Waals surface area contributed by atoms with E-state index in [0.717, 1.165) is 5.56 Å². The number of carbonyl (C=O) groups is 4. The van der Waals surface area contributed by atoms with Crippen molar-refractivity contribution in [2.45, 2.75) is 44.0 Å². The lowest BCUT2D eigenvalue weighted by Crippen LogP contribution is -2.53. The molecular formula is C20H28N2O6S. The third kappa shape index (κ3) is 9.47. The van der Waals surface area contributed by atoms with Gasteiger partial charge in [-0.2, -0.15) is 11.8 Å². The highest BCUT2D eigenvalue weighted by Crippen LogP contribution is 2.13. The zero-order valence-corrected chi connectivity index (χ0v) is 17.8. The number of rotatable bonds is 12. The Morgan fingerprint density at radius 2 is 1.69 bits per heavy atom. The minimum atomic E-state index is -1.01. The Morgan fingerprint density at radius 1 is 1.00 bits per heavy atom. The van der Waals surface area contributed by atoms with Crippen molar-refractivity contribution < 1.29 is 28.7 Å². The van der Waals surface area contributed by atoms with Crippen molar-refractivity contribution in [1.82, 2.24) is 10.6 Å². The standard InChI is InChI=1S/C20H28N2O6S/c1-4-17(23)21-16(13-29-12-14-8-6-5-7-9-14)19(25)22-15(20(26)28-3)10-11-18(24)27-2/h5-9,15-16H,4,10-13H2,1-3H3,(H,21,23)(H,22,25)/t15-,16-/m0/s1. The summed E-state index contributed by atoms with van der Waals surface area (Å²) < 4.78 is 9.27. The van der Waals surface area contributed by atoms with Gasteiger partial charge in [-0.1, -0.05) is 37.3 Å². The zero-order chi connectivity index (χ0) is 21.6. The molecule has 160 valence electrons. The van der Waals surface area contributed by atoms with Crippen LogP contribution < -0.4 is 10.6 Å². The van der Waals surface area contributed by atoms with Gasteiger partial charge in [0.25, 0.3) is 0 Å². The number of benzene rings is 1. The fraction of sp³-hybridized carbons (Fsp3) is 0.500. The quantitative estimate of drug-likeness (QED) is 0.488. The van der Waals surface area contributed by atoms with Crippen LogP contribution in [0, 0.1) is 0 Å². The largest absolute Gasteiger partial charge is 0.469 e. The fourth-order valence-corrected chi connectivity index (χ4v) is 3.39. The number of amides is 2. The lowest BCUT2D eigenvalue weighted by molar-refractivity contribution is -0.146. The van der Waals surface area contributed by atoms with Gasteiger partial charge in [0, 0.05) is 24.3 Å². The number of nitrogens with one attached hydrogen (secondary N) is 2. The van der Waals surface area contributed by atoms with E-state index in [0.29, 0.717) is 11.5 Å². The first-order valence-corrected chi connectivity index (χ1v) is 10.4. The summed E-state index contributed by atoms with van der Waals surface area (Å²) in [6.07, 6.45) is 0.220. The molecule has 2 atom stereocenters. The van der Waals surface area contributed by atoms with Gasteiger partial charge in [-0.3, -0.25) is 14.4 Å². The molecule has 0 saturated heterocycles. The Hall–Kier alpha value is -2.55. The number of hydrogen-bond donors (Lipinski definition) is 2. The average Bonchev–Trinajstić information content (AvgIpc) is 2.75. The van der Waals surface area contributed by atoms with Gasteiger partial charge < -0.3 is 20.1 Å². The fourth-order valence-electron chi connectivity index (χ4n) is 2.38. The highest BCUT2D eigenvalue weighted by molar-refractivity contribution is 7.98. The molecule has 0 aliphatic carbocycles. The molecule has 0 unspecified atom stereocenters. The van der Waals surface area contributed by atoms with Crippen LogP contribution in [0.25, 0.3) is 0 Å². The van der Waals surface area contributed by atoms with Crippen LogP contribution in [-0.2, 0) is 34.4 Å². The Kier molecular flexibility index (Phi) is 11.5. The summed E-state index contributed by atoms with van der Waals surface area (Å²) in [4.78, 5) is 47.9. The molecule has 0 saturated carbocycles. The number of carbonyl (C=O) groups excluding carboxylic acids is 4. The third-order valence-corrected chi connectivity index (χ3v) is 5.14. The summed E-state index contributed by atoms with van der Waals surface area (Å²) in [5.41, 5.74) is 1.10. The van der Waals surface area contributed by atoms with Crippen molar-refractivity contribution in [2.75, 3.05) is 20.0 Å². The van der Waals surface area contributed by atoms with Crippen molar-refractivity contribution in [1.29, 1.82) is 0 Å². The van der Waals surface area contributed by atoms with Gasteiger partial charge in [-0.05, 0) is 12.0 Å². The minimum absolute atomic E-state index is 0.0384. The lowest BCUT2D eigenvalue weighted by atomic mass is 10.1. The van der Waals surface area contributed by atoms with Crippen LogP contribution in [0.2, 0.25) is 0 Å². The highest BCUT2D eigenvalue weighted by Gasteiger charge is 2.27. The third-order valence-electron chi connectivity index (χ3n) is 4.04. The Labute approximate surface area is 175 Å². The van der Waals surface area contributed by atoms with Crippen molar-refractivity contribution in [3.63, 3.8) is 0 Å². The molecule has 9 heteroatoms. The second-order valence-electron chi connectivity index (χ2n) is 6.17. The van der Waals surface area contributed by atoms with Crippen LogP contribution in [0.4, 0.5) is 0 Å². The van der Waals surface area contributed by atoms with Gasteiger partial charge in [0.1, 0.15) is 12.1 Å². The zero-order valence-electron chi connectivity index (χ0n) is 16.9. The highest BCUT2D eigenvalue weighted by atomic mass is 32.2. The first-order valence-electron chi connectivity index (χ1n) is 9.27. The maximum absolute atomic E-state index is 12.7. The van der Waals surface area contributed by atoms with Gasteiger partial charge in [0.15, 0.2) is 0 Å². The molecule has 0 bridgehead atoms. The molecule has 0 aliphatic heterocycles. The topological polar surface area (TPSA) is 111 Å². The molecule has 1 rings (SSSR count). The molecule has 0 aromatic heterocycles. The van der Waals surface area contributed by atoms with E-state index < -0.39 is 29.9 Å². The molecule has 0 aliphatic rings. The molecule has 29 heavy (non-hydrogen) atoms. The Balaban J connectivity index is 2.74. The first-order chi connectivity index (χ1) is 13.9. The number of ether oxygens (including phenoxy) is 2. The molecule has 0 spiro atoms. The van der Waals surface area contributed by atoms with Crippen molar-refractivity contribution in [3.8, 4) is 0 Å². The summed E-state index contributed by atoms with van der Waals surface area (Å²) in [5, 5.41) is 5.25. The van der Waals surface area contributed by atoms with E-state index in [4.69, 9.17) is 4.74 Å². The van der Waals surface area contributed by atoms with Crippen LogP contribution >= 0.6 is 11.8 Å². The van der Waals surface area contributed by atoms with E-state index in [2.05, 4.69) is 15.4 Å². The summed E-state index contributed by atoms with van der Waals surface area (Å²) in [6.45, 7) is 1.69. The Bertz CT molecular complexity index is 683. The van der Waals surface area contributed by atoms with Crippen LogP contribution in [0.1, 0.15) is 31.7 Å². The lowest BCUT2D eigenvalue weighted by Gasteiger charge is -2.22. The second kappa shape index (κ2) is 13.6. The van der Waals surface area contributed by atoms with Crippen molar-refractivity contribution in [3.05, 3.63) is 35.9 Å². The van der Waals surface area contributed by atoms with E-state index in [1.165, 1.54) is 26.0 Å². The van der Waals surface area contributed by atoms with Gasteiger partial charge in [-0.25, -0.2) is 4.79 Å². The molecule has 2 N–H and O–H groups in total. The van der Waals surface area contributed by atoms with Gasteiger partial charge in [0.2, 0.25) is 11.8 Å². The number of thioether (sulfide) groups is 1. The van der Waals surface area contributed by atoms with Gasteiger partial charge in [-0.15, -0.1) is 0 Å². The van der Waals surface area contributed by atoms with Crippen LogP contribution in [0.15, 0.2) is 30.3 Å². The first kappa shape index (κ1) is 24.5.